The first kappa shape index (κ1) is 32.2. The highest BCUT2D eigenvalue weighted by molar-refractivity contribution is 7.00. The summed E-state index contributed by atoms with van der Waals surface area (Å²) in [5.74, 6) is 0. The molecule has 0 radical (unpaired) electrons. The van der Waals surface area contributed by atoms with Crippen molar-refractivity contribution < 1.29 is 0 Å². The number of para-hydroxylation sites is 2. The van der Waals surface area contributed by atoms with Crippen molar-refractivity contribution in [3.8, 4) is 11.1 Å². The van der Waals surface area contributed by atoms with E-state index >= 15 is 0 Å². The lowest BCUT2D eigenvalue weighted by atomic mass is 9.33. The van der Waals surface area contributed by atoms with Gasteiger partial charge in [0.2, 0.25) is 0 Å². The molecule has 0 atom stereocenters. The van der Waals surface area contributed by atoms with E-state index in [-0.39, 0.29) is 17.5 Å². The van der Waals surface area contributed by atoms with Gasteiger partial charge in [-0.2, -0.15) is 0 Å². The average molecular weight is 651 g/mol. The average Bonchev–Trinajstić information content (AvgIpc) is 3.07. The molecule has 0 unspecified atom stereocenters. The molecule has 6 aromatic rings. The molecule has 3 heteroatoms. The van der Waals surface area contributed by atoms with Crippen LogP contribution in [-0.4, -0.2) is 6.71 Å². The third-order valence-electron chi connectivity index (χ3n) is 10.8. The lowest BCUT2D eigenvalue weighted by Gasteiger charge is -2.45. The van der Waals surface area contributed by atoms with Crippen molar-refractivity contribution in [2.45, 2.75) is 73.1 Å². The fourth-order valence-electron chi connectivity index (χ4n) is 8.43. The molecule has 0 spiro atoms. The second kappa shape index (κ2) is 11.5. The van der Waals surface area contributed by atoms with Gasteiger partial charge in [0.05, 0.1) is 0 Å². The summed E-state index contributed by atoms with van der Waals surface area (Å²) in [5.41, 5.74) is 20.7. The monoisotopic (exact) mass is 650 g/mol. The van der Waals surface area contributed by atoms with Crippen LogP contribution in [0, 0.1) is 20.8 Å². The number of hydrogen-bond acceptors (Lipinski definition) is 2. The van der Waals surface area contributed by atoms with Gasteiger partial charge in [0, 0.05) is 34.1 Å². The fraction of sp³-hybridized carbons (Fsp3) is 0.234. The van der Waals surface area contributed by atoms with Gasteiger partial charge >= 0.3 is 0 Å². The van der Waals surface area contributed by atoms with Crippen LogP contribution in [0.5, 0.6) is 0 Å². The summed E-state index contributed by atoms with van der Waals surface area (Å²) in [6.07, 6.45) is 0. The Morgan fingerprint density at radius 3 is 1.28 bits per heavy atom. The van der Waals surface area contributed by atoms with Gasteiger partial charge in [0.15, 0.2) is 0 Å². The molecule has 0 fully saturated rings. The summed E-state index contributed by atoms with van der Waals surface area (Å²) < 4.78 is 0. The van der Waals surface area contributed by atoms with Crippen LogP contribution < -0.4 is 26.2 Å². The molecular formula is C47H47BN2. The van der Waals surface area contributed by atoms with Crippen LogP contribution in [0.1, 0.15) is 69.4 Å². The third kappa shape index (κ3) is 5.18. The van der Waals surface area contributed by atoms with Gasteiger partial charge in [-0.1, -0.05) is 120 Å². The number of hydrogen-bond donors (Lipinski definition) is 0. The molecule has 248 valence electrons. The van der Waals surface area contributed by atoms with E-state index in [1.54, 1.807) is 0 Å². The normalized spacial score (nSPS) is 13.6. The lowest BCUT2D eigenvalue weighted by Crippen LogP contribution is -2.61. The van der Waals surface area contributed by atoms with E-state index in [0.29, 0.717) is 0 Å². The molecule has 50 heavy (non-hydrogen) atoms. The molecule has 0 bridgehead atoms. The number of aryl methyl sites for hydroxylation is 3. The van der Waals surface area contributed by atoms with Gasteiger partial charge in [-0.25, -0.2) is 0 Å². The van der Waals surface area contributed by atoms with E-state index in [1.807, 2.05) is 0 Å². The van der Waals surface area contributed by atoms with Crippen molar-refractivity contribution in [2.75, 3.05) is 9.80 Å². The summed E-state index contributed by atoms with van der Waals surface area (Å²) in [7, 11) is 0. The van der Waals surface area contributed by atoms with E-state index in [2.05, 4.69) is 193 Å². The topological polar surface area (TPSA) is 6.48 Å². The number of fused-ring (bicyclic) bond motifs is 4. The molecule has 2 aliphatic heterocycles. The van der Waals surface area contributed by atoms with E-state index in [4.69, 9.17) is 0 Å². The van der Waals surface area contributed by atoms with Gasteiger partial charge in [-0.3, -0.25) is 0 Å². The largest absolute Gasteiger partial charge is 0.311 e. The predicted octanol–water partition coefficient (Wildman–Crippen LogP) is 11.0. The van der Waals surface area contributed by atoms with Crippen LogP contribution in [0.15, 0.2) is 121 Å². The van der Waals surface area contributed by atoms with Crippen molar-refractivity contribution in [2.24, 2.45) is 0 Å². The third-order valence-corrected chi connectivity index (χ3v) is 10.8. The van der Waals surface area contributed by atoms with Crippen molar-refractivity contribution in [3.63, 3.8) is 0 Å². The zero-order chi connectivity index (χ0) is 35.1. The Balaban J connectivity index is 1.55. The van der Waals surface area contributed by atoms with Gasteiger partial charge in [-0.15, -0.1) is 0 Å². The highest BCUT2D eigenvalue weighted by Crippen LogP contribution is 2.47. The Bertz CT molecular complexity index is 2120. The number of rotatable bonds is 3. The van der Waals surface area contributed by atoms with Gasteiger partial charge in [0.25, 0.3) is 6.71 Å². The van der Waals surface area contributed by atoms with E-state index in [9.17, 15) is 0 Å². The summed E-state index contributed by atoms with van der Waals surface area (Å²) >= 11 is 0. The Morgan fingerprint density at radius 2 is 0.880 bits per heavy atom. The smallest absolute Gasteiger partial charge is 0.252 e. The summed E-state index contributed by atoms with van der Waals surface area (Å²) in [6, 6.07) is 46.0. The van der Waals surface area contributed by atoms with Crippen LogP contribution >= 0.6 is 0 Å². The Morgan fingerprint density at radius 1 is 0.460 bits per heavy atom. The van der Waals surface area contributed by atoms with Crippen LogP contribution in [-0.2, 0) is 10.8 Å². The highest BCUT2D eigenvalue weighted by atomic mass is 15.2. The van der Waals surface area contributed by atoms with Crippen LogP contribution in [0.4, 0.5) is 34.1 Å². The molecule has 0 aliphatic carbocycles. The summed E-state index contributed by atoms with van der Waals surface area (Å²) in [5, 5.41) is 0. The first-order valence-corrected chi connectivity index (χ1v) is 18.1. The van der Waals surface area contributed by atoms with Gasteiger partial charge < -0.3 is 9.80 Å². The Hall–Kier alpha value is -5.02. The SMILES string of the molecule is Cc1cc(C)c(-c2cc3c4c(c2)N(c2ccccc2)c2ccc(C(C)(C)C)cc2B4c2cc(C(C)(C)C)ccc2N3c2ccccc2)c(C)c1. The van der Waals surface area contributed by atoms with Crippen molar-refractivity contribution in [1.82, 2.24) is 0 Å². The Kier molecular flexibility index (Phi) is 7.42. The van der Waals surface area contributed by atoms with Crippen molar-refractivity contribution >= 4 is 57.2 Å². The zero-order valence-electron chi connectivity index (χ0n) is 31.0. The van der Waals surface area contributed by atoms with Gasteiger partial charge in [0.1, 0.15) is 0 Å². The van der Waals surface area contributed by atoms with Crippen LogP contribution in [0.3, 0.4) is 0 Å². The maximum absolute atomic E-state index is 2.53. The molecule has 2 aliphatic rings. The summed E-state index contributed by atoms with van der Waals surface area (Å²) in [4.78, 5) is 5.06. The first-order chi connectivity index (χ1) is 23.8. The molecule has 2 heterocycles. The second-order valence-corrected chi connectivity index (χ2v) is 16.5. The first-order valence-electron chi connectivity index (χ1n) is 18.1. The standard InChI is InChI=1S/C47H47BN2/c1-30-24-31(2)44(32(3)25-30)33-26-42-45-43(27-33)50(37-18-14-11-15-19-37)41-23-21-35(47(7,8)9)29-39(41)48(45)38-28-34(46(4,5)6)20-22-40(38)49(42)36-16-12-10-13-17-36/h10-29H,1-9H3. The Labute approximate surface area is 299 Å². The molecular weight excluding hydrogens is 603 g/mol. The predicted molar refractivity (Wildman–Crippen MR) is 218 cm³/mol. The maximum Gasteiger partial charge on any atom is 0.252 e. The molecule has 0 N–H and O–H groups in total. The molecule has 0 aromatic heterocycles. The molecule has 0 saturated carbocycles. The van der Waals surface area contributed by atoms with Crippen LogP contribution in [0.2, 0.25) is 0 Å². The zero-order valence-corrected chi connectivity index (χ0v) is 31.0. The lowest BCUT2D eigenvalue weighted by molar-refractivity contribution is 0.590. The maximum atomic E-state index is 2.53. The van der Waals surface area contributed by atoms with E-state index in [1.165, 1.54) is 89.5 Å². The number of nitrogens with zero attached hydrogens (tertiary/aromatic N) is 2. The van der Waals surface area contributed by atoms with Crippen molar-refractivity contribution in [1.29, 1.82) is 0 Å². The molecule has 8 rings (SSSR count). The summed E-state index contributed by atoms with van der Waals surface area (Å²) in [6.45, 7) is 20.8. The molecule has 0 amide bonds. The van der Waals surface area contributed by atoms with Crippen molar-refractivity contribution in [3.05, 3.63) is 149 Å². The van der Waals surface area contributed by atoms with E-state index in [0.717, 1.165) is 0 Å². The number of anilines is 6. The minimum Gasteiger partial charge on any atom is -0.311 e. The second-order valence-electron chi connectivity index (χ2n) is 16.5. The van der Waals surface area contributed by atoms with Gasteiger partial charge in [-0.05, 0) is 130 Å². The highest BCUT2D eigenvalue weighted by Gasteiger charge is 2.44. The molecule has 0 saturated heterocycles. The van der Waals surface area contributed by atoms with Crippen LogP contribution in [0.25, 0.3) is 11.1 Å². The fourth-order valence-corrected chi connectivity index (χ4v) is 8.43. The minimum atomic E-state index is 0.0148. The molecule has 2 nitrogen and oxygen atoms in total. The quantitative estimate of drug-likeness (QED) is 0.176. The number of benzene rings is 6. The minimum absolute atomic E-state index is 0.0148. The van der Waals surface area contributed by atoms with E-state index < -0.39 is 0 Å². The molecule has 6 aromatic carbocycles.